The van der Waals surface area contributed by atoms with Gasteiger partial charge in [0.1, 0.15) is 16.5 Å². The van der Waals surface area contributed by atoms with Crippen molar-refractivity contribution in [3.05, 3.63) is 28.8 Å². The summed E-state index contributed by atoms with van der Waals surface area (Å²) in [5.41, 5.74) is 13.7. The summed E-state index contributed by atoms with van der Waals surface area (Å²) in [5.74, 6) is 0.839. The summed E-state index contributed by atoms with van der Waals surface area (Å²) in [6.45, 7) is 0. The number of urea groups is 1. The number of ether oxygens (including phenoxy) is 2. The molecule has 3 rings (SSSR count). The van der Waals surface area contributed by atoms with Crippen LogP contribution in [0.3, 0.4) is 0 Å². The lowest BCUT2D eigenvalue weighted by atomic mass is 9.88. The summed E-state index contributed by atoms with van der Waals surface area (Å²) < 4.78 is 10.9. The van der Waals surface area contributed by atoms with Gasteiger partial charge in [0.05, 0.1) is 19.8 Å². The van der Waals surface area contributed by atoms with Crippen LogP contribution in [0, 0.1) is 0 Å². The van der Waals surface area contributed by atoms with Gasteiger partial charge in [-0.2, -0.15) is 0 Å². The fraction of sp³-hybridized carbons (Fsp3) is 0.250. The van der Waals surface area contributed by atoms with Gasteiger partial charge in [0.15, 0.2) is 0 Å². The molecule has 0 saturated heterocycles. The molecular formula is C16H17N3O4S. The molecule has 126 valence electrons. The standard InChI is InChI=1S/C16H17N3O4S/c1-22-9-5-6-10(23-2)11-7(9)3-4-8-12(14(17)20)15(19-16(18)21)24-13(8)11/h5-6H,3-4H2,1-2H3,(H2,17,20)(H3,18,19,21). The van der Waals surface area contributed by atoms with E-state index in [-0.39, 0.29) is 0 Å². The molecule has 1 aromatic carbocycles. The van der Waals surface area contributed by atoms with Crippen LogP contribution in [0.25, 0.3) is 10.4 Å². The first kappa shape index (κ1) is 16.1. The second-order valence-electron chi connectivity index (χ2n) is 5.29. The van der Waals surface area contributed by atoms with Crippen LogP contribution in [0.15, 0.2) is 12.1 Å². The number of nitrogens with two attached hydrogens (primary N) is 2. The van der Waals surface area contributed by atoms with Gasteiger partial charge in [-0.3, -0.25) is 10.1 Å². The van der Waals surface area contributed by atoms with Crippen LogP contribution >= 0.6 is 11.3 Å². The molecule has 24 heavy (non-hydrogen) atoms. The number of thiophene rings is 1. The van der Waals surface area contributed by atoms with Gasteiger partial charge in [-0.15, -0.1) is 11.3 Å². The van der Waals surface area contributed by atoms with Crippen molar-refractivity contribution in [2.45, 2.75) is 12.8 Å². The molecule has 1 heterocycles. The smallest absolute Gasteiger partial charge is 0.317 e. The molecule has 0 fully saturated rings. The van der Waals surface area contributed by atoms with Crippen LogP contribution in [-0.2, 0) is 12.8 Å². The number of fused-ring (bicyclic) bond motifs is 3. The molecule has 0 saturated carbocycles. The Morgan fingerprint density at radius 1 is 1.08 bits per heavy atom. The van der Waals surface area contributed by atoms with Crippen molar-refractivity contribution in [2.24, 2.45) is 11.5 Å². The molecule has 0 radical (unpaired) electrons. The summed E-state index contributed by atoms with van der Waals surface area (Å²) >= 11 is 1.26. The SMILES string of the molecule is COc1ccc(OC)c2c1CCc1c-2sc(NC(N)=O)c1C(N)=O. The third kappa shape index (κ3) is 2.44. The molecule has 7 nitrogen and oxygen atoms in total. The van der Waals surface area contributed by atoms with Gasteiger partial charge in [0.2, 0.25) is 0 Å². The molecule has 0 atom stereocenters. The van der Waals surface area contributed by atoms with Crippen LogP contribution in [0.1, 0.15) is 21.5 Å². The Hall–Kier alpha value is -2.74. The van der Waals surface area contributed by atoms with Crippen molar-refractivity contribution in [2.75, 3.05) is 19.5 Å². The topological polar surface area (TPSA) is 117 Å². The molecule has 0 unspecified atom stereocenters. The molecule has 5 N–H and O–H groups in total. The molecule has 0 bridgehead atoms. The Kier molecular flexibility index (Phi) is 4.06. The minimum Gasteiger partial charge on any atom is -0.496 e. The summed E-state index contributed by atoms with van der Waals surface area (Å²) in [7, 11) is 3.20. The highest BCUT2D eigenvalue weighted by Crippen LogP contribution is 2.50. The lowest BCUT2D eigenvalue weighted by Crippen LogP contribution is -2.22. The Balaban J connectivity index is 2.29. The lowest BCUT2D eigenvalue weighted by Gasteiger charge is -2.21. The number of amides is 3. The minimum atomic E-state index is -0.742. The van der Waals surface area contributed by atoms with Crippen molar-refractivity contribution in [3.63, 3.8) is 0 Å². The molecular weight excluding hydrogens is 330 g/mol. The van der Waals surface area contributed by atoms with E-state index in [0.29, 0.717) is 29.2 Å². The van der Waals surface area contributed by atoms with E-state index in [2.05, 4.69) is 5.32 Å². The molecule has 0 aliphatic heterocycles. The first-order chi connectivity index (χ1) is 11.5. The van der Waals surface area contributed by atoms with Crippen LogP contribution in [-0.4, -0.2) is 26.2 Å². The first-order valence-corrected chi connectivity index (χ1v) is 8.05. The molecule has 3 amide bonds. The van der Waals surface area contributed by atoms with Crippen molar-refractivity contribution in [1.82, 2.24) is 0 Å². The van der Waals surface area contributed by atoms with Gasteiger partial charge < -0.3 is 20.9 Å². The number of primary amides is 2. The third-order valence-electron chi connectivity index (χ3n) is 4.01. The number of rotatable bonds is 4. The minimum absolute atomic E-state index is 0.310. The predicted octanol–water partition coefficient (Wildman–Crippen LogP) is 2.12. The Morgan fingerprint density at radius 2 is 1.71 bits per heavy atom. The Morgan fingerprint density at radius 3 is 2.29 bits per heavy atom. The first-order valence-electron chi connectivity index (χ1n) is 7.24. The molecule has 2 aromatic rings. The average Bonchev–Trinajstić information content (AvgIpc) is 2.90. The normalized spacial score (nSPS) is 12.1. The highest BCUT2D eigenvalue weighted by molar-refractivity contribution is 7.20. The molecule has 1 aromatic heterocycles. The van der Waals surface area contributed by atoms with Gasteiger partial charge in [-0.05, 0) is 30.5 Å². The van der Waals surface area contributed by atoms with Crippen LogP contribution in [0.5, 0.6) is 11.5 Å². The highest BCUT2D eigenvalue weighted by atomic mass is 32.1. The van der Waals surface area contributed by atoms with Gasteiger partial charge >= 0.3 is 6.03 Å². The van der Waals surface area contributed by atoms with E-state index < -0.39 is 11.9 Å². The number of carbonyl (C=O) groups excluding carboxylic acids is 2. The lowest BCUT2D eigenvalue weighted by molar-refractivity contribution is 0.100. The second kappa shape index (κ2) is 6.04. The number of hydrogen-bond donors (Lipinski definition) is 3. The summed E-state index contributed by atoms with van der Waals surface area (Å²) in [4.78, 5) is 24.0. The Bertz CT molecular complexity index is 844. The highest BCUT2D eigenvalue weighted by Gasteiger charge is 2.31. The van der Waals surface area contributed by atoms with E-state index >= 15 is 0 Å². The number of benzene rings is 1. The molecule has 0 spiro atoms. The van der Waals surface area contributed by atoms with Crippen LogP contribution in [0.2, 0.25) is 0 Å². The number of nitrogens with one attached hydrogen (secondary N) is 1. The van der Waals surface area contributed by atoms with E-state index in [0.717, 1.165) is 27.3 Å². The van der Waals surface area contributed by atoms with Crippen LogP contribution in [0.4, 0.5) is 9.80 Å². The number of methoxy groups -OCH3 is 2. The summed E-state index contributed by atoms with van der Waals surface area (Å²) in [6.07, 6.45) is 1.29. The zero-order valence-corrected chi connectivity index (χ0v) is 14.1. The van der Waals surface area contributed by atoms with Gasteiger partial charge in [0, 0.05) is 16.0 Å². The maximum absolute atomic E-state index is 11.9. The fourth-order valence-corrected chi connectivity index (χ4v) is 4.42. The van der Waals surface area contributed by atoms with Crippen molar-refractivity contribution >= 4 is 28.3 Å². The van der Waals surface area contributed by atoms with Gasteiger partial charge in [-0.25, -0.2) is 4.79 Å². The summed E-state index contributed by atoms with van der Waals surface area (Å²) in [5, 5.41) is 2.85. The predicted molar refractivity (Wildman–Crippen MR) is 92.0 cm³/mol. The van der Waals surface area contributed by atoms with E-state index in [1.165, 1.54) is 11.3 Å². The molecule has 8 heteroatoms. The van der Waals surface area contributed by atoms with Crippen molar-refractivity contribution in [3.8, 4) is 21.9 Å². The van der Waals surface area contributed by atoms with Gasteiger partial charge in [0.25, 0.3) is 5.91 Å². The largest absolute Gasteiger partial charge is 0.496 e. The fourth-order valence-electron chi connectivity index (χ4n) is 3.08. The second-order valence-corrected chi connectivity index (χ2v) is 6.31. The van der Waals surface area contributed by atoms with Crippen molar-refractivity contribution < 1.29 is 19.1 Å². The summed E-state index contributed by atoms with van der Waals surface area (Å²) in [6, 6.07) is 2.93. The maximum atomic E-state index is 11.9. The average molecular weight is 347 g/mol. The number of anilines is 1. The van der Waals surface area contributed by atoms with E-state index in [9.17, 15) is 9.59 Å². The monoisotopic (exact) mass is 347 g/mol. The van der Waals surface area contributed by atoms with Gasteiger partial charge in [-0.1, -0.05) is 0 Å². The number of hydrogen-bond acceptors (Lipinski definition) is 5. The quantitative estimate of drug-likeness (QED) is 0.785. The zero-order chi connectivity index (χ0) is 17.4. The van der Waals surface area contributed by atoms with Crippen LogP contribution < -0.4 is 26.3 Å². The third-order valence-corrected chi connectivity index (χ3v) is 5.18. The van der Waals surface area contributed by atoms with E-state index in [4.69, 9.17) is 20.9 Å². The van der Waals surface area contributed by atoms with E-state index in [1.807, 2.05) is 12.1 Å². The van der Waals surface area contributed by atoms with Crippen molar-refractivity contribution in [1.29, 1.82) is 0 Å². The molecule has 1 aliphatic carbocycles. The maximum Gasteiger partial charge on any atom is 0.317 e. The molecule has 1 aliphatic rings. The zero-order valence-electron chi connectivity index (χ0n) is 13.3. The Labute approximate surface area is 142 Å². The van der Waals surface area contributed by atoms with E-state index in [1.54, 1.807) is 14.2 Å². The number of carbonyl (C=O) groups is 2.